The van der Waals surface area contributed by atoms with Gasteiger partial charge in [-0.15, -0.1) is 0 Å². The second-order valence-corrected chi connectivity index (χ2v) is 4.76. The predicted molar refractivity (Wildman–Crippen MR) is 77.5 cm³/mol. The van der Waals surface area contributed by atoms with Gasteiger partial charge in [-0.3, -0.25) is 4.68 Å². The highest BCUT2D eigenvalue weighted by molar-refractivity contribution is 6.01. The molecule has 3 aromatic rings. The smallest absolute Gasteiger partial charge is 0.146 e. The van der Waals surface area contributed by atoms with Crippen molar-refractivity contribution in [2.45, 2.75) is 6.92 Å². The summed E-state index contributed by atoms with van der Waals surface area (Å²) in [5, 5.41) is 5.17. The molecule has 0 saturated carbocycles. The molecule has 1 aromatic carbocycles. The molecule has 2 aromatic heterocycles. The fourth-order valence-electron chi connectivity index (χ4n) is 2.39. The van der Waals surface area contributed by atoms with E-state index in [0.717, 1.165) is 16.5 Å². The number of hydrogen-bond acceptors (Lipinski definition) is 4. The molecule has 0 saturated heterocycles. The van der Waals surface area contributed by atoms with Gasteiger partial charge in [-0.2, -0.15) is 5.10 Å². The highest BCUT2D eigenvalue weighted by Crippen LogP contribution is 2.33. The summed E-state index contributed by atoms with van der Waals surface area (Å²) in [6, 6.07) is 4.60. The maximum absolute atomic E-state index is 13.6. The Morgan fingerprint density at radius 2 is 2.00 bits per heavy atom. The van der Waals surface area contributed by atoms with Gasteiger partial charge in [0, 0.05) is 18.8 Å². The summed E-state index contributed by atoms with van der Waals surface area (Å²) in [5.74, 6) is -0.0913. The molecule has 6 heteroatoms. The van der Waals surface area contributed by atoms with Crippen LogP contribution in [0.2, 0.25) is 0 Å². The number of anilines is 2. The van der Waals surface area contributed by atoms with Crippen LogP contribution in [0.3, 0.4) is 0 Å². The third-order valence-electron chi connectivity index (χ3n) is 3.35. The molecular weight excluding hydrogens is 257 g/mol. The van der Waals surface area contributed by atoms with Crippen LogP contribution in [0.25, 0.3) is 22.2 Å². The summed E-state index contributed by atoms with van der Waals surface area (Å²) in [7, 11) is 1.83. The summed E-state index contributed by atoms with van der Waals surface area (Å²) < 4.78 is 15.4. The van der Waals surface area contributed by atoms with Crippen LogP contribution in [-0.2, 0) is 7.05 Å². The van der Waals surface area contributed by atoms with Crippen LogP contribution in [0.1, 0.15) is 5.56 Å². The third-order valence-corrected chi connectivity index (χ3v) is 3.35. The minimum atomic E-state index is -0.472. The van der Waals surface area contributed by atoms with E-state index >= 15 is 0 Å². The summed E-state index contributed by atoms with van der Waals surface area (Å²) in [5.41, 5.74) is 14.7. The first-order chi connectivity index (χ1) is 9.49. The van der Waals surface area contributed by atoms with E-state index in [9.17, 15) is 4.39 Å². The molecule has 2 heterocycles. The molecule has 0 aliphatic carbocycles. The fraction of sp³-hybridized carbons (Fsp3) is 0.143. The van der Waals surface area contributed by atoms with Crippen molar-refractivity contribution in [3.63, 3.8) is 0 Å². The quantitative estimate of drug-likeness (QED) is 0.665. The Kier molecular flexibility index (Phi) is 2.60. The minimum Gasteiger partial charge on any atom is -0.396 e. The molecule has 0 radical (unpaired) electrons. The van der Waals surface area contributed by atoms with Gasteiger partial charge in [0.25, 0.3) is 0 Å². The van der Waals surface area contributed by atoms with Crippen LogP contribution in [0.5, 0.6) is 0 Å². The first kappa shape index (κ1) is 12.4. The van der Waals surface area contributed by atoms with E-state index in [2.05, 4.69) is 10.1 Å². The molecule has 4 N–H and O–H groups in total. The van der Waals surface area contributed by atoms with Crippen LogP contribution >= 0.6 is 0 Å². The van der Waals surface area contributed by atoms with E-state index in [1.165, 1.54) is 12.1 Å². The van der Waals surface area contributed by atoms with Crippen molar-refractivity contribution in [1.82, 2.24) is 14.8 Å². The van der Waals surface area contributed by atoms with E-state index in [4.69, 9.17) is 11.5 Å². The van der Waals surface area contributed by atoms with Crippen LogP contribution < -0.4 is 11.5 Å². The molecule has 0 aliphatic rings. The van der Waals surface area contributed by atoms with Gasteiger partial charge in [-0.1, -0.05) is 6.07 Å². The second-order valence-electron chi connectivity index (χ2n) is 4.76. The molecular formula is C14H14FN5. The highest BCUT2D eigenvalue weighted by atomic mass is 19.1. The van der Waals surface area contributed by atoms with Crippen LogP contribution in [0.15, 0.2) is 24.4 Å². The number of aryl methyl sites for hydroxylation is 2. The van der Waals surface area contributed by atoms with Gasteiger partial charge in [0.15, 0.2) is 0 Å². The van der Waals surface area contributed by atoms with Gasteiger partial charge < -0.3 is 11.5 Å². The van der Waals surface area contributed by atoms with Gasteiger partial charge >= 0.3 is 0 Å². The Hall–Kier alpha value is -2.63. The number of nitrogens with two attached hydrogens (primary N) is 2. The van der Waals surface area contributed by atoms with Crippen molar-refractivity contribution < 1.29 is 4.39 Å². The Morgan fingerprint density at radius 1 is 1.25 bits per heavy atom. The lowest BCUT2D eigenvalue weighted by molar-refractivity contribution is 0.633. The van der Waals surface area contributed by atoms with Crippen molar-refractivity contribution in [3.8, 4) is 11.3 Å². The number of fused-ring (bicyclic) bond motifs is 1. The average Bonchev–Trinajstić information content (AvgIpc) is 2.76. The molecule has 0 amide bonds. The van der Waals surface area contributed by atoms with Crippen molar-refractivity contribution in [2.24, 2.45) is 7.05 Å². The molecule has 0 unspecified atom stereocenters. The SMILES string of the molecule is Cc1cnc(N)c2c(-c3ccc(N)c(F)c3)nn(C)c12. The number of halogens is 1. The average molecular weight is 271 g/mol. The highest BCUT2D eigenvalue weighted by Gasteiger charge is 2.16. The molecule has 102 valence electrons. The number of rotatable bonds is 1. The number of aromatic nitrogens is 3. The van der Waals surface area contributed by atoms with E-state index in [-0.39, 0.29) is 5.69 Å². The molecule has 0 fully saturated rings. The zero-order chi connectivity index (χ0) is 14.4. The third kappa shape index (κ3) is 1.69. The van der Waals surface area contributed by atoms with Crippen molar-refractivity contribution in [1.29, 1.82) is 0 Å². The number of benzene rings is 1. The van der Waals surface area contributed by atoms with Crippen LogP contribution in [-0.4, -0.2) is 14.8 Å². The Balaban J connectivity index is 2.37. The first-order valence-electron chi connectivity index (χ1n) is 6.12. The Morgan fingerprint density at radius 3 is 2.70 bits per heavy atom. The summed E-state index contributed by atoms with van der Waals surface area (Å²) >= 11 is 0. The lowest BCUT2D eigenvalue weighted by atomic mass is 10.1. The molecule has 0 bridgehead atoms. The Labute approximate surface area is 115 Å². The largest absolute Gasteiger partial charge is 0.396 e. The number of hydrogen-bond donors (Lipinski definition) is 2. The summed E-state index contributed by atoms with van der Waals surface area (Å²) in [4.78, 5) is 4.15. The summed E-state index contributed by atoms with van der Waals surface area (Å²) in [6.07, 6.45) is 1.70. The maximum Gasteiger partial charge on any atom is 0.146 e. The standard InChI is InChI=1S/C14H14FN5/c1-7-6-18-14(17)11-12(19-20(2)13(7)11)8-3-4-10(16)9(15)5-8/h3-6H,16H2,1-2H3,(H2,17,18). The Bertz CT molecular complexity index is 822. The second kappa shape index (κ2) is 4.19. The number of nitrogen functional groups attached to an aromatic ring is 2. The van der Waals surface area contributed by atoms with Gasteiger partial charge in [0.2, 0.25) is 0 Å². The normalized spacial score (nSPS) is 11.2. The lowest BCUT2D eigenvalue weighted by Crippen LogP contribution is -1.95. The topological polar surface area (TPSA) is 82.8 Å². The van der Waals surface area contributed by atoms with Gasteiger partial charge in [0.1, 0.15) is 17.3 Å². The minimum absolute atomic E-state index is 0.108. The zero-order valence-electron chi connectivity index (χ0n) is 11.2. The van der Waals surface area contributed by atoms with Crippen molar-refractivity contribution >= 4 is 22.4 Å². The van der Waals surface area contributed by atoms with Gasteiger partial charge in [-0.25, -0.2) is 9.37 Å². The first-order valence-corrected chi connectivity index (χ1v) is 6.12. The maximum atomic E-state index is 13.6. The van der Waals surface area contributed by atoms with Crippen LogP contribution in [0, 0.1) is 12.7 Å². The van der Waals surface area contributed by atoms with E-state index in [1.54, 1.807) is 16.9 Å². The van der Waals surface area contributed by atoms with Crippen molar-refractivity contribution in [3.05, 3.63) is 35.8 Å². The molecule has 0 spiro atoms. The molecule has 20 heavy (non-hydrogen) atoms. The van der Waals surface area contributed by atoms with E-state index < -0.39 is 5.82 Å². The predicted octanol–water partition coefficient (Wildman–Crippen LogP) is 2.25. The number of nitrogens with zero attached hydrogens (tertiary/aromatic N) is 3. The fourth-order valence-corrected chi connectivity index (χ4v) is 2.39. The monoisotopic (exact) mass is 271 g/mol. The molecule has 3 rings (SSSR count). The van der Waals surface area contributed by atoms with Crippen molar-refractivity contribution in [2.75, 3.05) is 11.5 Å². The molecule has 0 aliphatic heterocycles. The number of pyridine rings is 1. The molecule has 5 nitrogen and oxygen atoms in total. The van der Waals surface area contributed by atoms with Crippen LogP contribution in [0.4, 0.5) is 15.9 Å². The van der Waals surface area contributed by atoms with Gasteiger partial charge in [-0.05, 0) is 24.6 Å². The van der Waals surface area contributed by atoms with E-state index in [1.807, 2.05) is 14.0 Å². The lowest BCUT2D eigenvalue weighted by Gasteiger charge is -2.03. The summed E-state index contributed by atoms with van der Waals surface area (Å²) in [6.45, 7) is 1.93. The molecule has 0 atom stereocenters. The van der Waals surface area contributed by atoms with E-state index in [0.29, 0.717) is 17.1 Å². The van der Waals surface area contributed by atoms with Gasteiger partial charge in [0.05, 0.1) is 16.6 Å². The zero-order valence-corrected chi connectivity index (χ0v) is 11.2.